The van der Waals surface area contributed by atoms with Gasteiger partial charge < -0.3 is 14.8 Å². The van der Waals surface area contributed by atoms with E-state index in [9.17, 15) is 4.79 Å². The SMILES string of the molecule is COc1ccc2c(c1)CC(C(=O)NC(c1ccc(Cl)cc1)C1CC1)CO2. The van der Waals surface area contributed by atoms with Gasteiger partial charge in [0, 0.05) is 5.02 Å². The van der Waals surface area contributed by atoms with Crippen molar-refractivity contribution in [2.45, 2.75) is 25.3 Å². The molecule has 1 amide bonds. The summed E-state index contributed by atoms with van der Waals surface area (Å²) in [5, 5.41) is 3.96. The molecular formula is C21H22ClNO3. The Kier molecular flexibility index (Phi) is 4.77. The number of carbonyl (C=O) groups excluding carboxylic acids is 1. The minimum atomic E-state index is -0.192. The van der Waals surface area contributed by atoms with Crippen molar-refractivity contribution in [3.63, 3.8) is 0 Å². The summed E-state index contributed by atoms with van der Waals surface area (Å²) in [6, 6.07) is 13.5. The Balaban J connectivity index is 1.47. The van der Waals surface area contributed by atoms with Crippen molar-refractivity contribution >= 4 is 17.5 Å². The number of fused-ring (bicyclic) bond motifs is 1. The highest BCUT2D eigenvalue weighted by Gasteiger charge is 2.35. The van der Waals surface area contributed by atoms with E-state index in [1.807, 2.05) is 42.5 Å². The Morgan fingerprint density at radius 1 is 1.23 bits per heavy atom. The lowest BCUT2D eigenvalue weighted by Crippen LogP contribution is -2.39. The minimum Gasteiger partial charge on any atom is -0.497 e. The van der Waals surface area contributed by atoms with Gasteiger partial charge in [-0.15, -0.1) is 0 Å². The third kappa shape index (κ3) is 3.65. The van der Waals surface area contributed by atoms with Gasteiger partial charge in [-0.1, -0.05) is 23.7 Å². The highest BCUT2D eigenvalue weighted by molar-refractivity contribution is 6.30. The van der Waals surface area contributed by atoms with Crippen LogP contribution in [0.1, 0.15) is 30.0 Å². The van der Waals surface area contributed by atoms with Crippen LogP contribution in [0.15, 0.2) is 42.5 Å². The van der Waals surface area contributed by atoms with Gasteiger partial charge in [0.1, 0.15) is 18.1 Å². The number of carbonyl (C=O) groups is 1. The molecule has 2 aliphatic rings. The van der Waals surface area contributed by atoms with Gasteiger partial charge in [-0.2, -0.15) is 0 Å². The Bertz CT molecular complexity index is 801. The van der Waals surface area contributed by atoms with Gasteiger partial charge in [-0.05, 0) is 66.6 Å². The number of amides is 1. The van der Waals surface area contributed by atoms with E-state index in [1.165, 1.54) is 0 Å². The molecule has 136 valence electrons. The standard InChI is InChI=1S/C21H22ClNO3/c1-25-18-8-9-19-15(11-18)10-16(12-26-19)21(24)23-20(13-2-3-13)14-4-6-17(22)7-5-14/h4-9,11,13,16,20H,2-3,10,12H2,1H3,(H,23,24). The fraction of sp³-hybridized carbons (Fsp3) is 0.381. The number of ether oxygens (including phenoxy) is 2. The predicted molar refractivity (Wildman–Crippen MR) is 101 cm³/mol. The molecule has 26 heavy (non-hydrogen) atoms. The van der Waals surface area contributed by atoms with E-state index >= 15 is 0 Å². The molecule has 2 aromatic carbocycles. The van der Waals surface area contributed by atoms with Crippen LogP contribution in [-0.2, 0) is 11.2 Å². The number of nitrogens with one attached hydrogen (secondary N) is 1. The lowest BCUT2D eigenvalue weighted by Gasteiger charge is -2.27. The van der Waals surface area contributed by atoms with Crippen LogP contribution in [0, 0.1) is 11.8 Å². The number of benzene rings is 2. The quantitative estimate of drug-likeness (QED) is 0.858. The number of hydrogen-bond acceptors (Lipinski definition) is 3. The monoisotopic (exact) mass is 371 g/mol. The zero-order valence-corrected chi connectivity index (χ0v) is 15.5. The van der Waals surface area contributed by atoms with E-state index in [2.05, 4.69) is 5.32 Å². The zero-order chi connectivity index (χ0) is 18.1. The topological polar surface area (TPSA) is 47.6 Å². The molecule has 4 rings (SSSR count). The third-order valence-corrected chi connectivity index (χ3v) is 5.42. The summed E-state index contributed by atoms with van der Waals surface area (Å²) in [6.45, 7) is 0.406. The van der Waals surface area contributed by atoms with Gasteiger partial charge in [-0.25, -0.2) is 0 Å². The number of hydrogen-bond donors (Lipinski definition) is 1. The van der Waals surface area contributed by atoms with Crippen LogP contribution in [0.2, 0.25) is 5.02 Å². The number of methoxy groups -OCH3 is 1. The van der Waals surface area contributed by atoms with E-state index in [-0.39, 0.29) is 17.9 Å². The molecule has 1 heterocycles. The van der Waals surface area contributed by atoms with Gasteiger partial charge >= 0.3 is 0 Å². The summed E-state index contributed by atoms with van der Waals surface area (Å²) < 4.78 is 11.1. The molecule has 2 aromatic rings. The largest absolute Gasteiger partial charge is 0.497 e. The maximum absolute atomic E-state index is 12.9. The molecule has 0 spiro atoms. The molecule has 1 aliphatic carbocycles. The first-order chi connectivity index (χ1) is 12.6. The molecule has 2 atom stereocenters. The van der Waals surface area contributed by atoms with Crippen LogP contribution in [0.3, 0.4) is 0 Å². The van der Waals surface area contributed by atoms with Crippen LogP contribution in [0.4, 0.5) is 0 Å². The van der Waals surface area contributed by atoms with Crippen LogP contribution in [0.5, 0.6) is 11.5 Å². The normalized spacial score (nSPS) is 19.8. The first-order valence-electron chi connectivity index (χ1n) is 8.99. The zero-order valence-electron chi connectivity index (χ0n) is 14.7. The molecule has 0 bridgehead atoms. The third-order valence-electron chi connectivity index (χ3n) is 5.17. The van der Waals surface area contributed by atoms with Gasteiger partial charge in [0.25, 0.3) is 0 Å². The van der Waals surface area contributed by atoms with Crippen LogP contribution >= 0.6 is 11.6 Å². The Hall–Kier alpha value is -2.20. The van der Waals surface area contributed by atoms with Crippen molar-refractivity contribution in [1.29, 1.82) is 0 Å². The molecule has 2 unspecified atom stereocenters. The van der Waals surface area contributed by atoms with Crippen molar-refractivity contribution < 1.29 is 14.3 Å². The van der Waals surface area contributed by atoms with Crippen molar-refractivity contribution in [3.05, 3.63) is 58.6 Å². The second kappa shape index (κ2) is 7.20. The molecule has 0 saturated heterocycles. The molecule has 1 fully saturated rings. The molecule has 1 aliphatic heterocycles. The van der Waals surface area contributed by atoms with Gasteiger partial charge in [0.15, 0.2) is 0 Å². The molecule has 1 N–H and O–H groups in total. The second-order valence-corrected chi connectivity index (χ2v) is 7.50. The Morgan fingerprint density at radius 2 is 2.00 bits per heavy atom. The summed E-state index contributed by atoms with van der Waals surface area (Å²) in [5.74, 6) is 1.99. The smallest absolute Gasteiger partial charge is 0.227 e. The van der Waals surface area contributed by atoms with E-state index in [1.54, 1.807) is 7.11 Å². The highest BCUT2D eigenvalue weighted by Crippen LogP contribution is 2.41. The summed E-state index contributed by atoms with van der Waals surface area (Å²) in [6.07, 6.45) is 2.96. The van der Waals surface area contributed by atoms with Gasteiger partial charge in [-0.3, -0.25) is 4.79 Å². The Labute approximate surface area is 158 Å². The highest BCUT2D eigenvalue weighted by atomic mass is 35.5. The average Bonchev–Trinajstić information content (AvgIpc) is 3.51. The molecule has 5 heteroatoms. The molecule has 4 nitrogen and oxygen atoms in total. The predicted octanol–water partition coefficient (Wildman–Crippen LogP) is 4.17. The van der Waals surface area contributed by atoms with Gasteiger partial charge in [0.2, 0.25) is 5.91 Å². The molecular weight excluding hydrogens is 350 g/mol. The molecule has 0 aromatic heterocycles. The lowest BCUT2D eigenvalue weighted by molar-refractivity contribution is -0.127. The fourth-order valence-electron chi connectivity index (χ4n) is 3.51. The summed E-state index contributed by atoms with van der Waals surface area (Å²) in [7, 11) is 1.64. The number of rotatable bonds is 5. The van der Waals surface area contributed by atoms with Gasteiger partial charge in [0.05, 0.1) is 19.1 Å². The summed E-state index contributed by atoms with van der Waals surface area (Å²) in [4.78, 5) is 12.9. The maximum atomic E-state index is 12.9. The van der Waals surface area contributed by atoms with Crippen LogP contribution in [-0.4, -0.2) is 19.6 Å². The minimum absolute atomic E-state index is 0.0466. The van der Waals surface area contributed by atoms with Crippen molar-refractivity contribution in [3.8, 4) is 11.5 Å². The van der Waals surface area contributed by atoms with Crippen molar-refractivity contribution in [1.82, 2.24) is 5.32 Å². The molecule has 0 radical (unpaired) electrons. The van der Waals surface area contributed by atoms with E-state index in [0.717, 1.165) is 35.5 Å². The average molecular weight is 372 g/mol. The van der Waals surface area contributed by atoms with E-state index < -0.39 is 0 Å². The summed E-state index contributed by atoms with van der Waals surface area (Å²) in [5.41, 5.74) is 2.13. The van der Waals surface area contributed by atoms with E-state index in [4.69, 9.17) is 21.1 Å². The second-order valence-electron chi connectivity index (χ2n) is 7.06. The van der Waals surface area contributed by atoms with E-state index in [0.29, 0.717) is 24.0 Å². The molecule has 1 saturated carbocycles. The van der Waals surface area contributed by atoms with Crippen LogP contribution in [0.25, 0.3) is 0 Å². The first kappa shape index (κ1) is 17.2. The first-order valence-corrected chi connectivity index (χ1v) is 9.37. The lowest BCUT2D eigenvalue weighted by atomic mass is 9.94. The number of halogens is 1. The Morgan fingerprint density at radius 3 is 2.69 bits per heavy atom. The fourth-order valence-corrected chi connectivity index (χ4v) is 3.64. The summed E-state index contributed by atoms with van der Waals surface area (Å²) >= 11 is 6.00. The maximum Gasteiger partial charge on any atom is 0.227 e. The van der Waals surface area contributed by atoms with Crippen molar-refractivity contribution in [2.75, 3.05) is 13.7 Å². The van der Waals surface area contributed by atoms with Crippen molar-refractivity contribution in [2.24, 2.45) is 11.8 Å². The van der Waals surface area contributed by atoms with Crippen LogP contribution < -0.4 is 14.8 Å².